The summed E-state index contributed by atoms with van der Waals surface area (Å²) in [5.74, 6) is -1.19. The van der Waals surface area contributed by atoms with Gasteiger partial charge in [0.2, 0.25) is 0 Å². The Balaban J connectivity index is 3.09. The molecule has 0 unspecified atom stereocenters. The van der Waals surface area contributed by atoms with E-state index in [-0.39, 0.29) is 12.2 Å². The summed E-state index contributed by atoms with van der Waals surface area (Å²) in [7, 11) is 1.16. The second-order valence-corrected chi connectivity index (χ2v) is 3.33. The van der Waals surface area contributed by atoms with Crippen LogP contribution in [0.4, 0.5) is 17.6 Å². The van der Waals surface area contributed by atoms with Gasteiger partial charge in [-0.1, -0.05) is 6.07 Å². The maximum Gasteiger partial charge on any atom is 0.419 e. The molecule has 0 spiro atoms. The van der Waals surface area contributed by atoms with Gasteiger partial charge in [-0.3, -0.25) is 0 Å². The van der Waals surface area contributed by atoms with E-state index in [9.17, 15) is 17.6 Å². The third-order valence-electron chi connectivity index (χ3n) is 2.10. The Bertz CT molecular complexity index is 422. The summed E-state index contributed by atoms with van der Waals surface area (Å²) in [6.07, 6.45) is -3.51. The van der Waals surface area contributed by atoms with Gasteiger partial charge in [0.1, 0.15) is 5.75 Å². The molecule has 94 valence electrons. The Labute approximate surface area is 95.7 Å². The average molecular weight is 249 g/mol. The van der Waals surface area contributed by atoms with Gasteiger partial charge in [0, 0.05) is 0 Å². The zero-order chi connectivity index (χ0) is 13.1. The van der Waals surface area contributed by atoms with Crippen LogP contribution in [-0.2, 0) is 12.6 Å². The van der Waals surface area contributed by atoms with E-state index in [1.807, 2.05) is 0 Å². The van der Waals surface area contributed by atoms with Gasteiger partial charge < -0.3 is 10.5 Å². The normalized spacial score (nSPS) is 12.6. The van der Waals surface area contributed by atoms with Crippen LogP contribution in [0.1, 0.15) is 11.1 Å². The van der Waals surface area contributed by atoms with Gasteiger partial charge in [-0.05, 0) is 30.2 Å². The van der Waals surface area contributed by atoms with E-state index in [4.69, 9.17) is 5.73 Å². The van der Waals surface area contributed by atoms with Gasteiger partial charge >= 0.3 is 6.18 Å². The maximum absolute atomic E-state index is 12.6. The molecule has 0 aliphatic carbocycles. The number of rotatable bonds is 3. The number of allylic oxidation sites excluding steroid dienone is 1. The Morgan fingerprint density at radius 3 is 2.53 bits per heavy atom. The monoisotopic (exact) mass is 249 g/mol. The van der Waals surface area contributed by atoms with Crippen LogP contribution in [0.5, 0.6) is 5.75 Å². The van der Waals surface area contributed by atoms with Crippen molar-refractivity contribution in [1.29, 1.82) is 0 Å². The predicted molar refractivity (Wildman–Crippen MR) is 55.1 cm³/mol. The van der Waals surface area contributed by atoms with E-state index in [0.717, 1.165) is 19.3 Å². The number of halogens is 4. The van der Waals surface area contributed by atoms with E-state index in [2.05, 4.69) is 4.74 Å². The molecule has 2 N–H and O–H groups in total. The second-order valence-electron chi connectivity index (χ2n) is 3.33. The highest BCUT2D eigenvalue weighted by Gasteiger charge is 2.34. The van der Waals surface area contributed by atoms with Gasteiger partial charge in [0.25, 0.3) is 0 Å². The first kappa shape index (κ1) is 13.3. The smallest absolute Gasteiger partial charge is 0.419 e. The van der Waals surface area contributed by atoms with E-state index in [0.29, 0.717) is 5.56 Å². The molecular formula is C11H11F4NO. The van der Waals surface area contributed by atoms with Crippen LogP contribution in [0.15, 0.2) is 30.2 Å². The molecule has 0 aliphatic rings. The van der Waals surface area contributed by atoms with Crippen molar-refractivity contribution in [2.24, 2.45) is 5.73 Å². The minimum absolute atomic E-state index is 0.00456. The van der Waals surface area contributed by atoms with Crippen molar-refractivity contribution in [1.82, 2.24) is 0 Å². The summed E-state index contributed by atoms with van der Waals surface area (Å²) in [5, 5.41) is 0. The zero-order valence-corrected chi connectivity index (χ0v) is 9.01. The minimum atomic E-state index is -4.51. The number of ether oxygens (including phenoxy) is 1. The Morgan fingerprint density at radius 1 is 1.41 bits per heavy atom. The van der Waals surface area contributed by atoms with Crippen LogP contribution < -0.4 is 10.5 Å². The van der Waals surface area contributed by atoms with Gasteiger partial charge in [-0.2, -0.15) is 17.6 Å². The molecule has 1 aromatic carbocycles. The van der Waals surface area contributed by atoms with Crippen molar-refractivity contribution >= 4 is 0 Å². The number of benzene rings is 1. The van der Waals surface area contributed by atoms with Crippen LogP contribution in [0.25, 0.3) is 0 Å². The van der Waals surface area contributed by atoms with Crippen LogP contribution >= 0.6 is 0 Å². The molecule has 0 heterocycles. The first-order valence-electron chi connectivity index (χ1n) is 4.70. The summed E-state index contributed by atoms with van der Waals surface area (Å²) in [6, 6.07) is 3.53. The van der Waals surface area contributed by atoms with Crippen molar-refractivity contribution < 1.29 is 22.3 Å². The number of alkyl halides is 3. The quantitative estimate of drug-likeness (QED) is 0.660. The molecule has 1 aromatic rings. The SMILES string of the molecule is COc1ccc(C/C=C(/N)F)cc1C(F)(F)F. The van der Waals surface area contributed by atoms with Gasteiger partial charge in [0.15, 0.2) is 5.95 Å². The lowest BCUT2D eigenvalue weighted by atomic mass is 10.1. The van der Waals surface area contributed by atoms with E-state index >= 15 is 0 Å². The summed E-state index contributed by atoms with van der Waals surface area (Å²) in [5.41, 5.74) is 4.19. The van der Waals surface area contributed by atoms with Crippen LogP contribution in [0, 0.1) is 0 Å². The van der Waals surface area contributed by atoms with Crippen LogP contribution in [0.2, 0.25) is 0 Å². The summed E-state index contributed by atoms with van der Waals surface area (Å²) in [4.78, 5) is 0. The third kappa shape index (κ3) is 3.65. The van der Waals surface area contributed by atoms with Crippen molar-refractivity contribution in [2.75, 3.05) is 7.11 Å². The number of nitrogens with two attached hydrogens (primary N) is 1. The molecule has 0 bridgehead atoms. The van der Waals surface area contributed by atoms with E-state index < -0.39 is 17.7 Å². The third-order valence-corrected chi connectivity index (χ3v) is 2.10. The molecule has 1 rings (SSSR count). The van der Waals surface area contributed by atoms with Crippen LogP contribution in [0.3, 0.4) is 0 Å². The van der Waals surface area contributed by atoms with Gasteiger partial charge in [0.05, 0.1) is 12.7 Å². The molecular weight excluding hydrogens is 238 g/mol. The minimum Gasteiger partial charge on any atom is -0.496 e. The van der Waals surface area contributed by atoms with Crippen molar-refractivity contribution in [3.05, 3.63) is 41.4 Å². The molecule has 0 saturated carbocycles. The van der Waals surface area contributed by atoms with Crippen LogP contribution in [-0.4, -0.2) is 7.11 Å². The molecule has 0 amide bonds. The maximum atomic E-state index is 12.6. The van der Waals surface area contributed by atoms with E-state index in [1.165, 1.54) is 12.1 Å². The first-order valence-corrected chi connectivity index (χ1v) is 4.70. The lowest BCUT2D eigenvalue weighted by molar-refractivity contribution is -0.138. The van der Waals surface area contributed by atoms with E-state index in [1.54, 1.807) is 0 Å². The van der Waals surface area contributed by atoms with Crippen molar-refractivity contribution in [2.45, 2.75) is 12.6 Å². The molecule has 6 heteroatoms. The molecule has 0 fully saturated rings. The van der Waals surface area contributed by atoms with Crippen molar-refractivity contribution in [3.8, 4) is 5.75 Å². The Kier molecular flexibility index (Phi) is 3.98. The number of hydrogen-bond donors (Lipinski definition) is 1. The fourth-order valence-corrected chi connectivity index (χ4v) is 1.32. The zero-order valence-electron chi connectivity index (χ0n) is 9.01. The largest absolute Gasteiger partial charge is 0.496 e. The average Bonchev–Trinajstić information content (AvgIpc) is 2.24. The standard InChI is InChI=1S/C11H11F4NO/c1-17-9-4-2-7(3-5-10(12)16)6-8(9)11(13,14)15/h2,4-6H,3,16H2,1H3/b10-5+. The summed E-state index contributed by atoms with van der Waals surface area (Å²) >= 11 is 0. The first-order chi connectivity index (χ1) is 7.84. The van der Waals surface area contributed by atoms with Gasteiger partial charge in [-0.25, -0.2) is 0 Å². The Hall–Kier alpha value is -1.72. The molecule has 0 aliphatic heterocycles. The molecule has 0 aromatic heterocycles. The lowest BCUT2D eigenvalue weighted by Crippen LogP contribution is -2.08. The molecule has 17 heavy (non-hydrogen) atoms. The summed E-state index contributed by atoms with van der Waals surface area (Å²) < 4.78 is 54.7. The highest BCUT2D eigenvalue weighted by atomic mass is 19.4. The fraction of sp³-hybridized carbons (Fsp3) is 0.273. The number of hydrogen-bond acceptors (Lipinski definition) is 2. The fourth-order valence-electron chi connectivity index (χ4n) is 1.32. The topological polar surface area (TPSA) is 35.2 Å². The lowest BCUT2D eigenvalue weighted by Gasteiger charge is -2.12. The second kappa shape index (κ2) is 5.07. The van der Waals surface area contributed by atoms with Crippen molar-refractivity contribution in [3.63, 3.8) is 0 Å². The summed E-state index contributed by atoms with van der Waals surface area (Å²) in [6.45, 7) is 0. The number of methoxy groups -OCH3 is 1. The highest BCUT2D eigenvalue weighted by molar-refractivity contribution is 5.39. The Morgan fingerprint density at radius 2 is 2.06 bits per heavy atom. The molecule has 0 atom stereocenters. The molecule has 0 radical (unpaired) electrons. The molecule has 2 nitrogen and oxygen atoms in total. The predicted octanol–water partition coefficient (Wildman–Crippen LogP) is 3.03. The van der Waals surface area contributed by atoms with Gasteiger partial charge in [-0.15, -0.1) is 0 Å². The highest BCUT2D eigenvalue weighted by Crippen LogP contribution is 2.36. The molecule has 0 saturated heterocycles.